The van der Waals surface area contributed by atoms with Crippen molar-refractivity contribution in [2.75, 3.05) is 19.7 Å². The van der Waals surface area contributed by atoms with Crippen LogP contribution in [0.2, 0.25) is 0 Å². The van der Waals surface area contributed by atoms with Gasteiger partial charge in [-0.2, -0.15) is 0 Å². The van der Waals surface area contributed by atoms with Gasteiger partial charge in [0.25, 0.3) is 0 Å². The minimum absolute atomic E-state index is 0.0137. The Morgan fingerprint density at radius 3 is 2.93 bits per heavy atom. The summed E-state index contributed by atoms with van der Waals surface area (Å²) in [5, 5.41) is 11.0. The topological polar surface area (TPSA) is 102 Å². The number of para-hydroxylation sites is 1. The maximum absolute atomic E-state index is 13.0. The van der Waals surface area contributed by atoms with E-state index >= 15 is 0 Å². The second-order valence-electron chi connectivity index (χ2n) is 7.00. The summed E-state index contributed by atoms with van der Waals surface area (Å²) in [6.07, 6.45) is 3.54. The van der Waals surface area contributed by atoms with Crippen molar-refractivity contribution in [1.82, 2.24) is 25.2 Å². The standard InChI is InChI=1S/C20H23N5O4/c26-19(21-11-15-5-3-9-28-15)13-24(12-16-6-4-10-29-16)20(27)14-25-18-8-2-1-7-17(18)22-23-25/h1-2,4,6-8,10,15H,3,5,9,11-14H2,(H,21,26). The minimum atomic E-state index is -0.246. The van der Waals surface area contributed by atoms with Crippen LogP contribution < -0.4 is 5.32 Å². The van der Waals surface area contributed by atoms with E-state index in [0.29, 0.717) is 17.8 Å². The van der Waals surface area contributed by atoms with Crippen molar-refractivity contribution in [2.45, 2.75) is 32.0 Å². The first-order valence-corrected chi connectivity index (χ1v) is 9.66. The molecule has 1 atom stereocenters. The number of fused-ring (bicyclic) bond motifs is 1. The van der Waals surface area contributed by atoms with Crippen LogP contribution in [0.1, 0.15) is 18.6 Å². The van der Waals surface area contributed by atoms with E-state index < -0.39 is 0 Å². The fraction of sp³-hybridized carbons (Fsp3) is 0.400. The zero-order chi connectivity index (χ0) is 20.1. The van der Waals surface area contributed by atoms with Gasteiger partial charge in [0.05, 0.1) is 24.4 Å². The number of amides is 2. The van der Waals surface area contributed by atoms with Crippen LogP contribution in [0.15, 0.2) is 47.1 Å². The van der Waals surface area contributed by atoms with Gasteiger partial charge in [0.2, 0.25) is 11.8 Å². The number of aromatic nitrogens is 3. The van der Waals surface area contributed by atoms with Crippen molar-refractivity contribution in [3.05, 3.63) is 48.4 Å². The van der Waals surface area contributed by atoms with E-state index in [1.54, 1.807) is 18.4 Å². The number of nitrogens with one attached hydrogen (secondary N) is 1. The quantitative estimate of drug-likeness (QED) is 0.616. The normalized spacial score (nSPS) is 16.2. The molecule has 2 aromatic heterocycles. The number of nitrogens with zero attached hydrogens (tertiary/aromatic N) is 4. The first-order valence-electron chi connectivity index (χ1n) is 9.66. The van der Waals surface area contributed by atoms with Crippen LogP contribution >= 0.6 is 0 Å². The number of ether oxygens (including phenoxy) is 1. The number of hydrogen-bond donors (Lipinski definition) is 1. The van der Waals surface area contributed by atoms with Gasteiger partial charge in [-0.05, 0) is 37.1 Å². The number of benzene rings is 1. The molecule has 1 unspecified atom stereocenters. The van der Waals surface area contributed by atoms with E-state index in [-0.39, 0.29) is 37.6 Å². The zero-order valence-corrected chi connectivity index (χ0v) is 16.0. The van der Waals surface area contributed by atoms with Crippen LogP contribution in [-0.4, -0.2) is 57.5 Å². The molecular weight excluding hydrogens is 374 g/mol. The third-order valence-electron chi connectivity index (χ3n) is 4.87. The van der Waals surface area contributed by atoms with Crippen LogP contribution in [0.3, 0.4) is 0 Å². The van der Waals surface area contributed by atoms with Crippen molar-refractivity contribution >= 4 is 22.8 Å². The molecule has 1 aliphatic heterocycles. The summed E-state index contributed by atoms with van der Waals surface area (Å²) in [5.74, 6) is 0.127. The summed E-state index contributed by atoms with van der Waals surface area (Å²) < 4.78 is 12.4. The maximum atomic E-state index is 13.0. The predicted molar refractivity (Wildman–Crippen MR) is 104 cm³/mol. The number of rotatable bonds is 8. The molecule has 3 aromatic rings. The molecule has 2 amide bonds. The highest BCUT2D eigenvalue weighted by atomic mass is 16.5. The Morgan fingerprint density at radius 2 is 2.14 bits per heavy atom. The molecule has 1 fully saturated rings. The molecule has 0 radical (unpaired) electrons. The fourth-order valence-electron chi connectivity index (χ4n) is 3.35. The van der Waals surface area contributed by atoms with E-state index in [1.807, 2.05) is 24.3 Å². The van der Waals surface area contributed by atoms with E-state index in [9.17, 15) is 9.59 Å². The Kier molecular flexibility index (Phi) is 5.85. The fourth-order valence-corrected chi connectivity index (χ4v) is 3.35. The highest BCUT2D eigenvalue weighted by Gasteiger charge is 2.22. The largest absolute Gasteiger partial charge is 0.467 e. The molecule has 3 heterocycles. The van der Waals surface area contributed by atoms with Gasteiger partial charge in [-0.15, -0.1) is 5.10 Å². The third kappa shape index (κ3) is 4.80. The second-order valence-corrected chi connectivity index (χ2v) is 7.00. The number of carbonyl (C=O) groups is 2. The van der Waals surface area contributed by atoms with Gasteiger partial charge < -0.3 is 19.4 Å². The molecule has 1 aromatic carbocycles. The van der Waals surface area contributed by atoms with E-state index in [4.69, 9.17) is 9.15 Å². The van der Waals surface area contributed by atoms with E-state index in [0.717, 1.165) is 25.0 Å². The summed E-state index contributed by atoms with van der Waals surface area (Å²) in [5.41, 5.74) is 1.48. The zero-order valence-electron chi connectivity index (χ0n) is 16.0. The Labute approximate surface area is 167 Å². The molecule has 1 N–H and O–H groups in total. The Morgan fingerprint density at radius 1 is 1.24 bits per heavy atom. The molecule has 0 saturated carbocycles. The molecule has 9 heteroatoms. The molecule has 1 aliphatic rings. The van der Waals surface area contributed by atoms with Crippen LogP contribution in [-0.2, 0) is 27.4 Å². The monoisotopic (exact) mass is 397 g/mol. The molecule has 9 nitrogen and oxygen atoms in total. The van der Waals surface area contributed by atoms with E-state index in [1.165, 1.54) is 9.58 Å². The Bertz CT molecular complexity index is 962. The lowest BCUT2D eigenvalue weighted by atomic mass is 10.2. The van der Waals surface area contributed by atoms with Gasteiger partial charge in [-0.3, -0.25) is 9.59 Å². The Hall–Kier alpha value is -3.20. The summed E-state index contributed by atoms with van der Waals surface area (Å²) >= 11 is 0. The van der Waals surface area contributed by atoms with Gasteiger partial charge in [0, 0.05) is 13.2 Å². The highest BCUT2D eigenvalue weighted by molar-refractivity contribution is 5.85. The first kappa shape index (κ1) is 19.1. The number of hydrogen-bond acceptors (Lipinski definition) is 6. The van der Waals surface area contributed by atoms with Crippen molar-refractivity contribution in [1.29, 1.82) is 0 Å². The van der Waals surface area contributed by atoms with Gasteiger partial charge in [0.15, 0.2) is 0 Å². The third-order valence-corrected chi connectivity index (χ3v) is 4.87. The lowest BCUT2D eigenvalue weighted by Gasteiger charge is -2.22. The van der Waals surface area contributed by atoms with Gasteiger partial charge in [-0.25, -0.2) is 4.68 Å². The second kappa shape index (κ2) is 8.87. The summed E-state index contributed by atoms with van der Waals surface area (Å²) in [4.78, 5) is 26.9. The summed E-state index contributed by atoms with van der Waals surface area (Å²) in [6.45, 7) is 1.30. The lowest BCUT2D eigenvalue weighted by molar-refractivity contribution is -0.137. The number of carbonyl (C=O) groups excluding carboxylic acids is 2. The van der Waals surface area contributed by atoms with E-state index in [2.05, 4.69) is 15.6 Å². The van der Waals surface area contributed by atoms with Gasteiger partial charge in [-0.1, -0.05) is 17.3 Å². The summed E-state index contributed by atoms with van der Waals surface area (Å²) in [7, 11) is 0. The van der Waals surface area contributed by atoms with Crippen molar-refractivity contribution in [3.63, 3.8) is 0 Å². The lowest BCUT2D eigenvalue weighted by Crippen LogP contribution is -2.43. The average Bonchev–Trinajstić information content (AvgIpc) is 3.49. The van der Waals surface area contributed by atoms with Crippen LogP contribution in [0, 0.1) is 0 Å². The van der Waals surface area contributed by atoms with Crippen molar-refractivity contribution in [3.8, 4) is 0 Å². The first-order chi connectivity index (χ1) is 14.2. The molecule has 152 valence electrons. The highest BCUT2D eigenvalue weighted by Crippen LogP contribution is 2.12. The van der Waals surface area contributed by atoms with Crippen LogP contribution in [0.4, 0.5) is 0 Å². The minimum Gasteiger partial charge on any atom is -0.467 e. The molecule has 0 aliphatic carbocycles. The average molecular weight is 397 g/mol. The molecule has 0 spiro atoms. The maximum Gasteiger partial charge on any atom is 0.245 e. The van der Waals surface area contributed by atoms with Gasteiger partial charge in [0.1, 0.15) is 24.4 Å². The van der Waals surface area contributed by atoms with Crippen LogP contribution in [0.5, 0.6) is 0 Å². The molecule has 0 bridgehead atoms. The predicted octanol–water partition coefficient (Wildman–Crippen LogP) is 1.35. The molecule has 4 rings (SSSR count). The SMILES string of the molecule is O=C(CN(Cc1ccco1)C(=O)Cn1nnc2ccccc21)NCC1CCCO1. The van der Waals surface area contributed by atoms with Crippen molar-refractivity contribution in [2.24, 2.45) is 0 Å². The summed E-state index contributed by atoms with van der Waals surface area (Å²) in [6, 6.07) is 10.9. The van der Waals surface area contributed by atoms with Crippen molar-refractivity contribution < 1.29 is 18.7 Å². The smallest absolute Gasteiger partial charge is 0.245 e. The van der Waals surface area contributed by atoms with Crippen LogP contribution in [0.25, 0.3) is 11.0 Å². The molecule has 1 saturated heterocycles. The number of furan rings is 1. The Balaban J connectivity index is 1.42. The molecular formula is C20H23N5O4. The van der Waals surface area contributed by atoms with Gasteiger partial charge >= 0.3 is 0 Å². The molecule has 29 heavy (non-hydrogen) atoms.